The van der Waals surface area contributed by atoms with Crippen molar-refractivity contribution in [2.24, 2.45) is 0 Å². The zero-order valence-corrected chi connectivity index (χ0v) is 18.0. The van der Waals surface area contributed by atoms with Crippen LogP contribution in [-0.2, 0) is 6.54 Å². The highest BCUT2D eigenvalue weighted by atomic mass is 35.5. The molecular weight excluding hydrogens is 406 g/mol. The van der Waals surface area contributed by atoms with E-state index in [0.29, 0.717) is 17.1 Å². The van der Waals surface area contributed by atoms with E-state index in [1.54, 1.807) is 16.7 Å². The Morgan fingerprint density at radius 2 is 1.65 bits per heavy atom. The molecule has 0 aliphatic heterocycles. The van der Waals surface area contributed by atoms with Gasteiger partial charge in [-0.15, -0.1) is 0 Å². The van der Waals surface area contributed by atoms with E-state index in [1.807, 2.05) is 79.7 Å². The second-order valence-corrected chi connectivity index (χ2v) is 7.78. The molecule has 4 heteroatoms. The van der Waals surface area contributed by atoms with Crippen molar-refractivity contribution in [1.29, 1.82) is 0 Å². The van der Waals surface area contributed by atoms with E-state index in [0.717, 1.165) is 28.5 Å². The standard InChI is InChI=1S/C27H22ClNO2/c1-2-17-29-23-15-14-21(28)18-22(23)25(20-11-7-4-8-12-20)26(27(29)31)24(30)16-13-19-9-5-3-6-10-19/h3-16,18H,2,17H2,1H3. The molecule has 1 aromatic heterocycles. The molecular formula is C27H22ClNO2. The second kappa shape index (κ2) is 9.15. The van der Waals surface area contributed by atoms with Gasteiger partial charge in [0.2, 0.25) is 0 Å². The average Bonchev–Trinajstić information content (AvgIpc) is 2.80. The highest BCUT2D eigenvalue weighted by Crippen LogP contribution is 2.33. The van der Waals surface area contributed by atoms with E-state index in [1.165, 1.54) is 6.08 Å². The zero-order chi connectivity index (χ0) is 21.8. The number of nitrogens with zero attached hydrogens (tertiary/aromatic N) is 1. The van der Waals surface area contributed by atoms with E-state index in [-0.39, 0.29) is 16.9 Å². The minimum Gasteiger partial charge on any atom is -0.308 e. The lowest BCUT2D eigenvalue weighted by Crippen LogP contribution is -2.27. The van der Waals surface area contributed by atoms with Gasteiger partial charge in [0.15, 0.2) is 5.78 Å². The van der Waals surface area contributed by atoms with Gasteiger partial charge in [-0.25, -0.2) is 0 Å². The molecule has 0 aliphatic carbocycles. The predicted molar refractivity (Wildman–Crippen MR) is 129 cm³/mol. The SMILES string of the molecule is CCCn1c(=O)c(C(=O)C=Cc2ccccc2)c(-c2ccccc2)c2cc(Cl)ccc21. The number of aromatic nitrogens is 1. The first-order chi connectivity index (χ1) is 15.1. The number of pyridine rings is 1. The van der Waals surface area contributed by atoms with Gasteiger partial charge < -0.3 is 4.57 Å². The number of aryl methyl sites for hydroxylation is 1. The number of benzene rings is 3. The van der Waals surface area contributed by atoms with Gasteiger partial charge in [0.1, 0.15) is 0 Å². The first-order valence-corrected chi connectivity index (χ1v) is 10.7. The van der Waals surface area contributed by atoms with Gasteiger partial charge in [0.25, 0.3) is 5.56 Å². The number of hydrogen-bond donors (Lipinski definition) is 0. The Morgan fingerprint density at radius 3 is 2.32 bits per heavy atom. The molecule has 0 unspecified atom stereocenters. The monoisotopic (exact) mass is 427 g/mol. The van der Waals surface area contributed by atoms with Crippen molar-refractivity contribution in [3.8, 4) is 11.1 Å². The third-order valence-electron chi connectivity index (χ3n) is 5.21. The van der Waals surface area contributed by atoms with E-state index >= 15 is 0 Å². The van der Waals surface area contributed by atoms with E-state index in [2.05, 4.69) is 0 Å². The lowest BCUT2D eigenvalue weighted by atomic mass is 9.93. The third kappa shape index (κ3) is 4.23. The highest BCUT2D eigenvalue weighted by Gasteiger charge is 2.22. The molecule has 0 saturated heterocycles. The van der Waals surface area contributed by atoms with Gasteiger partial charge in [-0.2, -0.15) is 0 Å². The van der Waals surface area contributed by atoms with Crippen LogP contribution in [-0.4, -0.2) is 10.4 Å². The zero-order valence-electron chi connectivity index (χ0n) is 17.2. The maximum Gasteiger partial charge on any atom is 0.262 e. The van der Waals surface area contributed by atoms with Gasteiger partial charge in [-0.3, -0.25) is 9.59 Å². The fourth-order valence-electron chi connectivity index (χ4n) is 3.83. The molecule has 0 atom stereocenters. The molecule has 3 nitrogen and oxygen atoms in total. The molecule has 0 aliphatic rings. The normalized spacial score (nSPS) is 11.3. The van der Waals surface area contributed by atoms with Crippen molar-refractivity contribution in [3.05, 3.63) is 111 Å². The summed E-state index contributed by atoms with van der Waals surface area (Å²) in [5.41, 5.74) is 3.00. The summed E-state index contributed by atoms with van der Waals surface area (Å²) >= 11 is 6.33. The van der Waals surface area contributed by atoms with Crippen molar-refractivity contribution in [1.82, 2.24) is 4.57 Å². The molecule has 0 fully saturated rings. The Balaban J connectivity index is 2.02. The molecule has 4 rings (SSSR count). The van der Waals surface area contributed by atoms with Crippen molar-refractivity contribution < 1.29 is 4.79 Å². The van der Waals surface area contributed by atoms with Crippen molar-refractivity contribution in [3.63, 3.8) is 0 Å². The number of rotatable bonds is 6. The Kier molecular flexibility index (Phi) is 6.15. The molecule has 0 bridgehead atoms. The fraction of sp³-hybridized carbons (Fsp3) is 0.111. The van der Waals surface area contributed by atoms with Gasteiger partial charge >= 0.3 is 0 Å². The van der Waals surface area contributed by atoms with Crippen LogP contribution in [0.5, 0.6) is 0 Å². The largest absolute Gasteiger partial charge is 0.308 e. The van der Waals surface area contributed by atoms with Gasteiger partial charge in [0.05, 0.1) is 11.1 Å². The molecule has 0 amide bonds. The van der Waals surface area contributed by atoms with Crippen LogP contribution in [0.25, 0.3) is 28.1 Å². The lowest BCUT2D eigenvalue weighted by molar-refractivity contribution is 0.104. The fourth-order valence-corrected chi connectivity index (χ4v) is 4.00. The van der Waals surface area contributed by atoms with Crippen LogP contribution >= 0.6 is 11.6 Å². The highest BCUT2D eigenvalue weighted by molar-refractivity contribution is 6.31. The minimum absolute atomic E-state index is 0.168. The summed E-state index contributed by atoms with van der Waals surface area (Å²) in [6, 6.07) is 24.6. The number of carbonyl (C=O) groups is 1. The number of halogens is 1. The number of carbonyl (C=O) groups excluding carboxylic acids is 1. The molecule has 0 spiro atoms. The van der Waals surface area contributed by atoms with Gasteiger partial charge in [-0.1, -0.05) is 85.3 Å². The molecule has 154 valence electrons. The van der Waals surface area contributed by atoms with Crippen LogP contribution in [0.1, 0.15) is 29.3 Å². The smallest absolute Gasteiger partial charge is 0.262 e. The molecule has 4 aromatic rings. The molecule has 0 saturated carbocycles. The Morgan fingerprint density at radius 1 is 0.968 bits per heavy atom. The molecule has 1 heterocycles. The number of hydrogen-bond acceptors (Lipinski definition) is 2. The van der Waals surface area contributed by atoms with Crippen LogP contribution in [0.3, 0.4) is 0 Å². The van der Waals surface area contributed by atoms with E-state index in [9.17, 15) is 9.59 Å². The predicted octanol–water partition coefficient (Wildman–Crippen LogP) is 6.63. The third-order valence-corrected chi connectivity index (χ3v) is 5.45. The van der Waals surface area contributed by atoms with Crippen LogP contribution in [0.2, 0.25) is 5.02 Å². The first kappa shape index (κ1) is 20.8. The van der Waals surface area contributed by atoms with E-state index < -0.39 is 0 Å². The van der Waals surface area contributed by atoms with Crippen LogP contribution in [0.4, 0.5) is 0 Å². The topological polar surface area (TPSA) is 39.1 Å². The van der Waals surface area contributed by atoms with Crippen LogP contribution in [0.15, 0.2) is 89.7 Å². The maximum absolute atomic E-state index is 13.6. The quantitative estimate of drug-likeness (QED) is 0.256. The van der Waals surface area contributed by atoms with Crippen molar-refractivity contribution >= 4 is 34.4 Å². The minimum atomic E-state index is -0.320. The number of allylic oxidation sites excluding steroid dienone is 1. The van der Waals surface area contributed by atoms with Crippen molar-refractivity contribution in [2.45, 2.75) is 19.9 Å². The Labute approximate surface area is 186 Å². The van der Waals surface area contributed by atoms with E-state index in [4.69, 9.17) is 11.6 Å². The number of fused-ring (bicyclic) bond motifs is 1. The number of ketones is 1. The molecule has 0 N–H and O–H groups in total. The van der Waals surface area contributed by atoms with Gasteiger partial charge in [0, 0.05) is 22.5 Å². The van der Waals surface area contributed by atoms with Crippen LogP contribution < -0.4 is 5.56 Å². The summed E-state index contributed by atoms with van der Waals surface area (Å²) in [5.74, 6) is -0.320. The van der Waals surface area contributed by atoms with Gasteiger partial charge in [-0.05, 0) is 41.8 Å². The first-order valence-electron chi connectivity index (χ1n) is 10.3. The Hall–Kier alpha value is -3.43. The van der Waals surface area contributed by atoms with Crippen molar-refractivity contribution in [2.75, 3.05) is 0 Å². The maximum atomic E-state index is 13.6. The lowest BCUT2D eigenvalue weighted by Gasteiger charge is -2.17. The molecule has 31 heavy (non-hydrogen) atoms. The summed E-state index contributed by atoms with van der Waals surface area (Å²) in [7, 11) is 0. The Bertz CT molecular complexity index is 1320. The second-order valence-electron chi connectivity index (χ2n) is 7.34. The molecule has 0 radical (unpaired) electrons. The average molecular weight is 428 g/mol. The summed E-state index contributed by atoms with van der Waals surface area (Å²) < 4.78 is 1.68. The molecule has 3 aromatic carbocycles. The summed E-state index contributed by atoms with van der Waals surface area (Å²) in [5, 5.41) is 1.35. The van der Waals surface area contributed by atoms with Crippen LogP contribution in [0, 0.1) is 0 Å². The summed E-state index contributed by atoms with van der Waals surface area (Å²) in [4.78, 5) is 27.0. The summed E-state index contributed by atoms with van der Waals surface area (Å²) in [6.07, 6.45) is 3.99. The summed E-state index contributed by atoms with van der Waals surface area (Å²) in [6.45, 7) is 2.53.